The molecule has 1 heterocycles. The Hall–Kier alpha value is -0.680. The highest BCUT2D eigenvalue weighted by molar-refractivity contribution is 7.09. The molecule has 16 heavy (non-hydrogen) atoms. The summed E-state index contributed by atoms with van der Waals surface area (Å²) in [5.74, 6) is 0.938. The van der Waals surface area contributed by atoms with Gasteiger partial charge in [-0.2, -0.15) is 4.37 Å². The number of anilines is 1. The Kier molecular flexibility index (Phi) is 6.33. The van der Waals surface area contributed by atoms with Gasteiger partial charge in [-0.15, -0.1) is 0 Å². The lowest BCUT2D eigenvalue weighted by atomic mass is 10.4. The predicted octanol–water partition coefficient (Wildman–Crippen LogP) is 2.24. The second kappa shape index (κ2) is 7.57. The fourth-order valence-electron chi connectivity index (χ4n) is 1.53. The zero-order valence-electron chi connectivity index (χ0n) is 10.5. The van der Waals surface area contributed by atoms with Crippen molar-refractivity contribution in [3.63, 3.8) is 0 Å². The highest BCUT2D eigenvalue weighted by atomic mass is 32.1. The van der Waals surface area contributed by atoms with Gasteiger partial charge in [0.15, 0.2) is 0 Å². The maximum absolute atomic E-state index is 4.38. The minimum absolute atomic E-state index is 0.912. The molecule has 1 aromatic rings. The average molecular weight is 242 g/mol. The minimum atomic E-state index is 0.912. The summed E-state index contributed by atoms with van der Waals surface area (Å²) in [5, 5.41) is 4.27. The van der Waals surface area contributed by atoms with Gasteiger partial charge in [-0.3, -0.25) is 0 Å². The van der Waals surface area contributed by atoms with E-state index in [0.29, 0.717) is 0 Å². The molecule has 0 aliphatic rings. The Morgan fingerprint density at radius 1 is 1.25 bits per heavy atom. The van der Waals surface area contributed by atoms with Crippen molar-refractivity contribution in [1.82, 2.24) is 14.3 Å². The van der Waals surface area contributed by atoms with Crippen LogP contribution in [-0.2, 0) is 6.42 Å². The molecule has 0 fully saturated rings. The van der Waals surface area contributed by atoms with Gasteiger partial charge >= 0.3 is 0 Å². The summed E-state index contributed by atoms with van der Waals surface area (Å²) >= 11 is 1.46. The average Bonchev–Trinajstić information content (AvgIpc) is 2.76. The van der Waals surface area contributed by atoms with Crippen LogP contribution in [0.5, 0.6) is 0 Å². The van der Waals surface area contributed by atoms with Crippen LogP contribution in [-0.4, -0.2) is 40.4 Å². The standard InChI is InChI=1S/C11H22N4S/c1-4-8-15(6-3)9-7-12-11-13-10(5-2)14-16-11/h4-9H2,1-3H3,(H,12,13,14). The van der Waals surface area contributed by atoms with Gasteiger partial charge in [0.25, 0.3) is 0 Å². The monoisotopic (exact) mass is 242 g/mol. The van der Waals surface area contributed by atoms with E-state index in [1.807, 2.05) is 0 Å². The van der Waals surface area contributed by atoms with Gasteiger partial charge in [0.05, 0.1) is 0 Å². The van der Waals surface area contributed by atoms with Gasteiger partial charge < -0.3 is 10.2 Å². The van der Waals surface area contributed by atoms with Gasteiger partial charge in [0, 0.05) is 31.0 Å². The summed E-state index contributed by atoms with van der Waals surface area (Å²) < 4.78 is 4.24. The summed E-state index contributed by atoms with van der Waals surface area (Å²) in [7, 11) is 0. The molecule has 5 heteroatoms. The van der Waals surface area contributed by atoms with E-state index in [1.165, 1.54) is 24.5 Å². The summed E-state index contributed by atoms with van der Waals surface area (Å²) in [5.41, 5.74) is 0. The lowest BCUT2D eigenvalue weighted by Gasteiger charge is -2.19. The first-order valence-corrected chi connectivity index (χ1v) is 6.86. The first-order valence-electron chi connectivity index (χ1n) is 6.08. The van der Waals surface area contributed by atoms with E-state index in [0.717, 1.165) is 37.0 Å². The highest BCUT2D eigenvalue weighted by Crippen LogP contribution is 2.10. The molecule has 0 atom stereocenters. The van der Waals surface area contributed by atoms with E-state index in [-0.39, 0.29) is 0 Å². The Morgan fingerprint density at radius 2 is 2.06 bits per heavy atom. The molecule has 0 spiro atoms. The van der Waals surface area contributed by atoms with Crippen LogP contribution in [0.3, 0.4) is 0 Å². The molecule has 0 saturated heterocycles. The number of hydrogen-bond donors (Lipinski definition) is 1. The van der Waals surface area contributed by atoms with Crippen molar-refractivity contribution in [1.29, 1.82) is 0 Å². The van der Waals surface area contributed by atoms with Crippen molar-refractivity contribution < 1.29 is 0 Å². The molecule has 4 nitrogen and oxygen atoms in total. The van der Waals surface area contributed by atoms with Crippen molar-refractivity contribution in [3.05, 3.63) is 5.82 Å². The van der Waals surface area contributed by atoms with E-state index in [1.54, 1.807) is 0 Å². The van der Waals surface area contributed by atoms with Crippen molar-refractivity contribution in [2.45, 2.75) is 33.6 Å². The second-order valence-electron chi connectivity index (χ2n) is 3.73. The summed E-state index contributed by atoms with van der Waals surface area (Å²) in [6, 6.07) is 0. The summed E-state index contributed by atoms with van der Waals surface area (Å²) in [6.45, 7) is 10.8. The minimum Gasteiger partial charge on any atom is -0.359 e. The van der Waals surface area contributed by atoms with Gasteiger partial charge in [0.1, 0.15) is 5.82 Å². The molecule has 1 aromatic heterocycles. The molecule has 0 bridgehead atoms. The molecule has 92 valence electrons. The molecular weight excluding hydrogens is 220 g/mol. The Morgan fingerprint density at radius 3 is 2.62 bits per heavy atom. The third-order valence-electron chi connectivity index (χ3n) is 2.48. The molecule has 0 aromatic carbocycles. The number of aromatic nitrogens is 2. The van der Waals surface area contributed by atoms with E-state index in [4.69, 9.17) is 0 Å². The van der Waals surface area contributed by atoms with Crippen LogP contribution >= 0.6 is 11.5 Å². The van der Waals surface area contributed by atoms with Crippen LogP contribution in [0.1, 0.15) is 33.0 Å². The number of nitrogens with zero attached hydrogens (tertiary/aromatic N) is 3. The third kappa shape index (κ3) is 4.45. The number of rotatable bonds is 8. The number of likely N-dealkylation sites (N-methyl/N-ethyl adjacent to an activating group) is 1. The van der Waals surface area contributed by atoms with E-state index >= 15 is 0 Å². The quantitative estimate of drug-likeness (QED) is 0.759. The molecule has 0 radical (unpaired) electrons. The zero-order chi connectivity index (χ0) is 11.8. The molecule has 1 N–H and O–H groups in total. The van der Waals surface area contributed by atoms with Crippen molar-refractivity contribution in [2.75, 3.05) is 31.5 Å². The number of hydrogen-bond acceptors (Lipinski definition) is 5. The molecule has 0 aliphatic heterocycles. The van der Waals surface area contributed by atoms with Crippen LogP contribution in [0.25, 0.3) is 0 Å². The Labute approximate surface area is 102 Å². The lowest BCUT2D eigenvalue weighted by molar-refractivity contribution is 0.300. The first kappa shape index (κ1) is 13.4. The second-order valence-corrected chi connectivity index (χ2v) is 4.48. The molecule has 0 unspecified atom stereocenters. The van der Waals surface area contributed by atoms with Gasteiger partial charge in [-0.1, -0.05) is 20.8 Å². The normalized spacial score (nSPS) is 11.0. The predicted molar refractivity (Wildman–Crippen MR) is 70.2 cm³/mol. The third-order valence-corrected chi connectivity index (χ3v) is 3.19. The van der Waals surface area contributed by atoms with E-state index in [2.05, 4.69) is 40.3 Å². The molecular formula is C11H22N4S. The Balaban J connectivity index is 2.23. The van der Waals surface area contributed by atoms with Crippen LogP contribution in [0, 0.1) is 0 Å². The van der Waals surface area contributed by atoms with Gasteiger partial charge in [-0.25, -0.2) is 4.98 Å². The first-order chi connectivity index (χ1) is 7.80. The van der Waals surface area contributed by atoms with Crippen molar-refractivity contribution in [2.24, 2.45) is 0 Å². The highest BCUT2D eigenvalue weighted by Gasteiger charge is 2.03. The summed E-state index contributed by atoms with van der Waals surface area (Å²) in [4.78, 5) is 6.81. The maximum atomic E-state index is 4.38. The fraction of sp³-hybridized carbons (Fsp3) is 0.818. The van der Waals surface area contributed by atoms with Crippen LogP contribution in [0.2, 0.25) is 0 Å². The van der Waals surface area contributed by atoms with Gasteiger partial charge in [0.2, 0.25) is 5.13 Å². The molecule has 0 aliphatic carbocycles. The van der Waals surface area contributed by atoms with Crippen LogP contribution in [0.15, 0.2) is 0 Å². The Bertz CT molecular complexity index is 287. The SMILES string of the molecule is CCCN(CC)CCNc1nc(CC)ns1. The molecule has 0 saturated carbocycles. The molecule has 0 amide bonds. The van der Waals surface area contributed by atoms with Crippen molar-refractivity contribution >= 4 is 16.7 Å². The van der Waals surface area contributed by atoms with E-state index < -0.39 is 0 Å². The van der Waals surface area contributed by atoms with Crippen LogP contribution < -0.4 is 5.32 Å². The van der Waals surface area contributed by atoms with Crippen LogP contribution in [0.4, 0.5) is 5.13 Å². The van der Waals surface area contributed by atoms with Gasteiger partial charge in [-0.05, 0) is 19.5 Å². The molecule has 1 rings (SSSR count). The summed E-state index contributed by atoms with van der Waals surface area (Å²) in [6.07, 6.45) is 2.13. The smallest absolute Gasteiger partial charge is 0.202 e. The topological polar surface area (TPSA) is 41.0 Å². The maximum Gasteiger partial charge on any atom is 0.202 e. The van der Waals surface area contributed by atoms with Crippen molar-refractivity contribution in [3.8, 4) is 0 Å². The number of nitrogens with one attached hydrogen (secondary N) is 1. The number of aryl methyl sites for hydroxylation is 1. The fourth-order valence-corrected chi connectivity index (χ4v) is 2.21. The lowest BCUT2D eigenvalue weighted by Crippen LogP contribution is -2.29. The largest absolute Gasteiger partial charge is 0.359 e. The van der Waals surface area contributed by atoms with E-state index in [9.17, 15) is 0 Å². The zero-order valence-corrected chi connectivity index (χ0v) is 11.3.